The molecule has 0 aromatic carbocycles. The molecular weight excluding hydrogens is 329 g/mol. The monoisotopic (exact) mass is 352 g/mol. The summed E-state index contributed by atoms with van der Waals surface area (Å²) in [5, 5.41) is 8.72. The van der Waals surface area contributed by atoms with Gasteiger partial charge in [-0.25, -0.2) is 4.79 Å². The van der Waals surface area contributed by atoms with Crippen LogP contribution in [0.4, 0.5) is 18.0 Å². The number of nitrogens with zero attached hydrogens (tertiary/aromatic N) is 2. The Balaban J connectivity index is 2.41. The molecule has 1 atom stereocenters. The molecule has 0 bridgehead atoms. The predicted molar refractivity (Wildman–Crippen MR) is 83.1 cm³/mol. The first-order valence-corrected chi connectivity index (χ1v) is 8.62. The van der Waals surface area contributed by atoms with Crippen molar-refractivity contribution >= 4 is 17.9 Å². The number of halogens is 3. The van der Waals surface area contributed by atoms with Crippen LogP contribution in [0, 0.1) is 17.2 Å². The van der Waals surface area contributed by atoms with Gasteiger partial charge in [0.05, 0.1) is 17.7 Å². The quantitative estimate of drug-likeness (QED) is 0.760. The molecule has 0 saturated carbocycles. The molecule has 4 nitrogen and oxygen atoms in total. The summed E-state index contributed by atoms with van der Waals surface area (Å²) in [5.74, 6) is -0.0921. The van der Waals surface area contributed by atoms with Crippen molar-refractivity contribution in [1.29, 1.82) is 5.26 Å². The third-order valence-electron chi connectivity index (χ3n) is 3.43. The molecule has 0 N–H and O–H groups in total. The maximum atomic E-state index is 12.2. The summed E-state index contributed by atoms with van der Waals surface area (Å²) < 4.78 is 41.8. The molecule has 0 aliphatic carbocycles. The van der Waals surface area contributed by atoms with E-state index in [-0.39, 0.29) is 17.8 Å². The zero-order valence-electron chi connectivity index (χ0n) is 13.7. The van der Waals surface area contributed by atoms with Crippen molar-refractivity contribution < 1.29 is 22.7 Å². The molecule has 1 fully saturated rings. The van der Waals surface area contributed by atoms with E-state index in [4.69, 9.17) is 4.74 Å². The van der Waals surface area contributed by atoms with E-state index in [0.29, 0.717) is 25.9 Å². The lowest BCUT2D eigenvalue weighted by atomic mass is 9.94. The highest BCUT2D eigenvalue weighted by Crippen LogP contribution is 2.31. The minimum absolute atomic E-state index is 0.0110. The van der Waals surface area contributed by atoms with Crippen LogP contribution in [0.2, 0.25) is 0 Å². The molecule has 1 aliphatic heterocycles. The molecule has 1 unspecified atom stereocenters. The van der Waals surface area contributed by atoms with Crippen LogP contribution in [-0.2, 0) is 4.74 Å². The van der Waals surface area contributed by atoms with Crippen molar-refractivity contribution in [2.45, 2.75) is 57.1 Å². The lowest BCUT2D eigenvalue weighted by Crippen LogP contribution is -2.43. The molecule has 1 aliphatic rings. The number of hydrogen-bond donors (Lipinski definition) is 0. The second-order valence-corrected chi connectivity index (χ2v) is 7.84. The average Bonchev–Trinajstić information content (AvgIpc) is 2.41. The van der Waals surface area contributed by atoms with E-state index in [9.17, 15) is 23.2 Å². The van der Waals surface area contributed by atoms with E-state index in [1.54, 1.807) is 25.7 Å². The number of piperidine rings is 1. The van der Waals surface area contributed by atoms with Crippen molar-refractivity contribution in [1.82, 2.24) is 4.90 Å². The number of nitriles is 1. The van der Waals surface area contributed by atoms with Crippen LogP contribution in [0.25, 0.3) is 0 Å². The number of hydrogen-bond acceptors (Lipinski definition) is 4. The number of thioether (sulfide) groups is 1. The van der Waals surface area contributed by atoms with Gasteiger partial charge in [0.25, 0.3) is 0 Å². The number of likely N-dealkylation sites (tertiary alicyclic amines) is 1. The Morgan fingerprint density at radius 2 is 1.91 bits per heavy atom. The Bertz CT molecular complexity index is 435. The van der Waals surface area contributed by atoms with E-state index >= 15 is 0 Å². The Morgan fingerprint density at radius 1 is 1.35 bits per heavy atom. The van der Waals surface area contributed by atoms with Gasteiger partial charge in [0, 0.05) is 18.8 Å². The first-order chi connectivity index (χ1) is 10.5. The first-order valence-electron chi connectivity index (χ1n) is 7.58. The number of amides is 1. The van der Waals surface area contributed by atoms with Crippen molar-refractivity contribution in [3.05, 3.63) is 0 Å². The molecule has 0 spiro atoms. The first kappa shape index (κ1) is 19.9. The minimum atomic E-state index is -4.19. The van der Waals surface area contributed by atoms with E-state index in [2.05, 4.69) is 6.07 Å². The maximum Gasteiger partial charge on any atom is 0.410 e. The molecule has 1 saturated heterocycles. The highest BCUT2D eigenvalue weighted by Gasteiger charge is 2.32. The van der Waals surface area contributed by atoms with E-state index in [1.165, 1.54) is 0 Å². The fraction of sp³-hybridized carbons (Fsp3) is 0.867. The Kier molecular flexibility index (Phi) is 7.05. The maximum absolute atomic E-state index is 12.2. The number of ether oxygens (including phenoxy) is 1. The molecule has 0 radical (unpaired) electrons. The number of alkyl halides is 3. The highest BCUT2D eigenvalue weighted by molar-refractivity contribution is 8.00. The van der Waals surface area contributed by atoms with Crippen LogP contribution in [0.15, 0.2) is 0 Å². The van der Waals surface area contributed by atoms with Crippen LogP contribution < -0.4 is 0 Å². The summed E-state index contributed by atoms with van der Waals surface area (Å²) in [6.45, 7) is 6.32. The van der Waals surface area contributed by atoms with Crippen LogP contribution >= 0.6 is 11.8 Å². The highest BCUT2D eigenvalue weighted by atomic mass is 32.2. The Labute approximate surface area is 139 Å². The second-order valence-electron chi connectivity index (χ2n) is 6.59. The largest absolute Gasteiger partial charge is 0.444 e. The Hall–Kier alpha value is -1.10. The fourth-order valence-corrected chi connectivity index (χ4v) is 3.51. The van der Waals surface area contributed by atoms with Crippen molar-refractivity contribution in [2.75, 3.05) is 18.8 Å². The molecule has 0 aromatic rings. The lowest BCUT2D eigenvalue weighted by Gasteiger charge is -2.34. The van der Waals surface area contributed by atoms with Crippen LogP contribution in [0.5, 0.6) is 0 Å². The van der Waals surface area contributed by atoms with Gasteiger partial charge in [-0.1, -0.05) is 0 Å². The standard InChI is InChI=1S/C15H23F3N2O2S/c1-14(2,3)22-13(21)20-7-4-11(5-8-20)12(10-19)23-9-6-15(16,17)18/h11-12H,4-9H2,1-3H3. The van der Waals surface area contributed by atoms with Gasteiger partial charge in [-0.2, -0.15) is 18.4 Å². The van der Waals surface area contributed by atoms with E-state index in [0.717, 1.165) is 11.8 Å². The topological polar surface area (TPSA) is 53.3 Å². The zero-order valence-corrected chi connectivity index (χ0v) is 14.5. The summed E-state index contributed by atoms with van der Waals surface area (Å²) >= 11 is 1.06. The SMILES string of the molecule is CC(C)(C)OC(=O)N1CCC(C(C#N)SCCC(F)(F)F)CC1. The summed E-state index contributed by atoms with van der Waals surface area (Å²) in [6, 6.07) is 2.10. The molecule has 0 aromatic heterocycles. The molecule has 132 valence electrons. The van der Waals surface area contributed by atoms with Gasteiger partial charge in [-0.15, -0.1) is 11.8 Å². The molecule has 23 heavy (non-hydrogen) atoms. The smallest absolute Gasteiger partial charge is 0.410 e. The number of carbonyl (C=O) groups excluding carboxylic acids is 1. The van der Waals surface area contributed by atoms with Gasteiger partial charge in [0.15, 0.2) is 0 Å². The van der Waals surface area contributed by atoms with E-state index in [1.807, 2.05) is 0 Å². The molecule has 1 rings (SSSR count). The van der Waals surface area contributed by atoms with Crippen LogP contribution in [-0.4, -0.2) is 46.9 Å². The summed E-state index contributed by atoms with van der Waals surface area (Å²) in [5.41, 5.74) is -0.559. The lowest BCUT2D eigenvalue weighted by molar-refractivity contribution is -0.129. The third-order valence-corrected chi connectivity index (χ3v) is 4.72. The van der Waals surface area contributed by atoms with Crippen molar-refractivity contribution in [3.63, 3.8) is 0 Å². The Morgan fingerprint density at radius 3 is 2.35 bits per heavy atom. The summed E-state index contributed by atoms with van der Waals surface area (Å²) in [7, 11) is 0. The van der Waals surface area contributed by atoms with E-state index < -0.39 is 23.4 Å². The normalized spacial score (nSPS) is 18.4. The predicted octanol–water partition coefficient (Wildman–Crippen LogP) is 4.21. The minimum Gasteiger partial charge on any atom is -0.444 e. The van der Waals surface area contributed by atoms with Crippen molar-refractivity contribution in [2.24, 2.45) is 5.92 Å². The van der Waals surface area contributed by atoms with Gasteiger partial charge < -0.3 is 9.64 Å². The summed E-state index contributed by atoms with van der Waals surface area (Å²) in [6.07, 6.45) is -4.23. The van der Waals surface area contributed by atoms with Gasteiger partial charge >= 0.3 is 12.3 Å². The second kappa shape index (κ2) is 8.13. The van der Waals surface area contributed by atoms with Crippen LogP contribution in [0.1, 0.15) is 40.0 Å². The molecule has 1 heterocycles. The van der Waals surface area contributed by atoms with Gasteiger partial charge in [-0.05, 0) is 39.5 Å². The molecule has 1 amide bonds. The molecular formula is C15H23F3N2O2S. The van der Waals surface area contributed by atoms with Crippen molar-refractivity contribution in [3.8, 4) is 6.07 Å². The fourth-order valence-electron chi connectivity index (χ4n) is 2.29. The number of rotatable bonds is 4. The number of carbonyl (C=O) groups is 1. The van der Waals surface area contributed by atoms with Gasteiger partial charge in [0.1, 0.15) is 5.60 Å². The zero-order chi connectivity index (χ0) is 17.7. The third kappa shape index (κ3) is 7.82. The molecule has 8 heteroatoms. The van der Waals surface area contributed by atoms with Crippen LogP contribution in [0.3, 0.4) is 0 Å². The average molecular weight is 352 g/mol. The van der Waals surface area contributed by atoms with Gasteiger partial charge in [-0.3, -0.25) is 0 Å². The summed E-state index contributed by atoms with van der Waals surface area (Å²) in [4.78, 5) is 13.5. The van der Waals surface area contributed by atoms with Gasteiger partial charge in [0.2, 0.25) is 0 Å².